The monoisotopic (exact) mass is 227 g/mol. The van der Waals surface area contributed by atoms with Crippen molar-refractivity contribution in [2.45, 2.75) is 58.6 Å². The molecule has 4 heteroatoms. The lowest BCUT2D eigenvalue weighted by Crippen LogP contribution is -2.37. The first-order chi connectivity index (χ1) is 7.65. The predicted octanol–water partition coefficient (Wildman–Crippen LogP) is 2.08. The van der Waals surface area contributed by atoms with E-state index in [1.165, 1.54) is 0 Å². The zero-order valence-corrected chi connectivity index (χ0v) is 10.2. The molecule has 1 unspecified atom stereocenters. The molecule has 0 aliphatic carbocycles. The van der Waals surface area contributed by atoms with E-state index in [0.717, 1.165) is 25.7 Å². The van der Waals surface area contributed by atoms with Crippen LogP contribution in [0.15, 0.2) is 0 Å². The summed E-state index contributed by atoms with van der Waals surface area (Å²) in [6.45, 7) is 4.57. The normalized spacial score (nSPS) is 17.6. The molecule has 0 bridgehead atoms. The highest BCUT2D eigenvalue weighted by Gasteiger charge is 2.26. The van der Waals surface area contributed by atoms with E-state index < -0.39 is 6.23 Å². The molecule has 0 aromatic heterocycles. The number of hydrogen-bond acceptors (Lipinski definition) is 3. The smallest absolute Gasteiger partial charge is 0.307 e. The van der Waals surface area contributed by atoms with Crippen LogP contribution in [0.3, 0.4) is 0 Å². The molecule has 1 saturated heterocycles. The van der Waals surface area contributed by atoms with Gasteiger partial charge < -0.3 is 9.64 Å². The number of likely N-dealkylation sites (tertiary alicyclic amines) is 1. The Kier molecular flexibility index (Phi) is 5.29. The molecule has 1 atom stereocenters. The molecule has 1 amide bonds. The fraction of sp³-hybridized carbons (Fsp3) is 0.833. The number of ether oxygens (including phenoxy) is 1. The summed E-state index contributed by atoms with van der Waals surface area (Å²) >= 11 is 0. The lowest BCUT2D eigenvalue weighted by Gasteiger charge is -2.23. The van der Waals surface area contributed by atoms with E-state index in [0.29, 0.717) is 19.4 Å². The molecule has 1 rings (SSSR count). The van der Waals surface area contributed by atoms with Crippen molar-refractivity contribution in [3.63, 3.8) is 0 Å². The molecule has 92 valence electrons. The Morgan fingerprint density at radius 3 is 2.81 bits per heavy atom. The summed E-state index contributed by atoms with van der Waals surface area (Å²) in [5.41, 5.74) is 0. The summed E-state index contributed by atoms with van der Waals surface area (Å²) in [6, 6.07) is 0. The minimum absolute atomic E-state index is 0.0915. The van der Waals surface area contributed by atoms with Crippen molar-refractivity contribution in [1.82, 2.24) is 4.90 Å². The van der Waals surface area contributed by atoms with Gasteiger partial charge in [-0.25, -0.2) is 0 Å². The summed E-state index contributed by atoms with van der Waals surface area (Å²) in [7, 11) is 0. The van der Waals surface area contributed by atoms with Crippen LogP contribution in [0, 0.1) is 0 Å². The summed E-state index contributed by atoms with van der Waals surface area (Å²) in [4.78, 5) is 24.5. The second kappa shape index (κ2) is 6.51. The van der Waals surface area contributed by atoms with E-state index in [1.807, 2.05) is 0 Å². The van der Waals surface area contributed by atoms with Gasteiger partial charge in [0.15, 0.2) is 6.23 Å². The second-order valence-corrected chi connectivity index (χ2v) is 4.24. The summed E-state index contributed by atoms with van der Waals surface area (Å²) in [5, 5.41) is 0. The fourth-order valence-corrected chi connectivity index (χ4v) is 1.89. The van der Waals surface area contributed by atoms with Crippen LogP contribution >= 0.6 is 0 Å². The molecular formula is C12H21NO3. The number of rotatable bonds is 6. The third kappa shape index (κ3) is 3.83. The topological polar surface area (TPSA) is 46.6 Å². The molecule has 1 aliphatic rings. The zero-order chi connectivity index (χ0) is 12.0. The Hall–Kier alpha value is -1.06. The van der Waals surface area contributed by atoms with Crippen molar-refractivity contribution in [2.75, 3.05) is 6.54 Å². The number of carbonyl (C=O) groups excluding carboxylic acids is 2. The van der Waals surface area contributed by atoms with Gasteiger partial charge >= 0.3 is 5.97 Å². The largest absolute Gasteiger partial charge is 0.442 e. The molecule has 4 nitrogen and oxygen atoms in total. The summed E-state index contributed by atoms with van der Waals surface area (Å²) in [6.07, 6.45) is 4.52. The highest BCUT2D eigenvalue weighted by atomic mass is 16.6. The standard InChI is InChI=1S/C12H21NO3/c1-3-4-5-8-12(15)16-10(2)13-9-6-7-11(13)14/h10H,3-9H2,1-2H3. The van der Waals surface area contributed by atoms with Crippen LogP contribution in [-0.4, -0.2) is 29.5 Å². The van der Waals surface area contributed by atoms with E-state index in [9.17, 15) is 9.59 Å². The Bertz CT molecular complexity index is 253. The van der Waals surface area contributed by atoms with Gasteiger partial charge in [0.05, 0.1) is 0 Å². The lowest BCUT2D eigenvalue weighted by molar-refractivity contribution is -0.161. The van der Waals surface area contributed by atoms with Gasteiger partial charge in [-0.2, -0.15) is 0 Å². The number of hydrogen-bond donors (Lipinski definition) is 0. The van der Waals surface area contributed by atoms with Crippen molar-refractivity contribution in [1.29, 1.82) is 0 Å². The molecule has 1 heterocycles. The van der Waals surface area contributed by atoms with Gasteiger partial charge in [0.1, 0.15) is 0 Å². The van der Waals surface area contributed by atoms with Crippen molar-refractivity contribution in [3.8, 4) is 0 Å². The Morgan fingerprint density at radius 1 is 1.50 bits per heavy atom. The minimum atomic E-state index is -0.399. The maximum Gasteiger partial charge on any atom is 0.307 e. The van der Waals surface area contributed by atoms with Gasteiger partial charge in [-0.15, -0.1) is 0 Å². The third-order valence-electron chi connectivity index (χ3n) is 2.84. The first kappa shape index (κ1) is 13.0. The lowest BCUT2D eigenvalue weighted by atomic mass is 10.2. The molecule has 0 aromatic rings. The molecule has 0 aromatic carbocycles. The van der Waals surface area contributed by atoms with Crippen molar-refractivity contribution in [3.05, 3.63) is 0 Å². The van der Waals surface area contributed by atoms with Crippen LogP contribution in [-0.2, 0) is 14.3 Å². The number of unbranched alkanes of at least 4 members (excludes halogenated alkanes) is 2. The summed E-state index contributed by atoms with van der Waals surface area (Å²) < 4.78 is 5.22. The molecule has 0 saturated carbocycles. The molecular weight excluding hydrogens is 206 g/mol. The fourth-order valence-electron chi connectivity index (χ4n) is 1.89. The Labute approximate surface area is 96.9 Å². The number of carbonyl (C=O) groups is 2. The second-order valence-electron chi connectivity index (χ2n) is 4.24. The average molecular weight is 227 g/mol. The Morgan fingerprint density at radius 2 is 2.25 bits per heavy atom. The van der Waals surface area contributed by atoms with E-state index in [2.05, 4.69) is 6.92 Å². The maximum absolute atomic E-state index is 11.4. The molecule has 16 heavy (non-hydrogen) atoms. The first-order valence-electron chi connectivity index (χ1n) is 6.14. The highest BCUT2D eigenvalue weighted by molar-refractivity contribution is 5.78. The van der Waals surface area contributed by atoms with Crippen LogP contribution in [0.2, 0.25) is 0 Å². The quantitative estimate of drug-likeness (QED) is 0.515. The van der Waals surface area contributed by atoms with Gasteiger partial charge in [-0.1, -0.05) is 19.8 Å². The van der Waals surface area contributed by atoms with Crippen LogP contribution in [0.25, 0.3) is 0 Å². The molecule has 1 fully saturated rings. The van der Waals surface area contributed by atoms with E-state index in [4.69, 9.17) is 4.74 Å². The van der Waals surface area contributed by atoms with Crippen molar-refractivity contribution in [2.24, 2.45) is 0 Å². The van der Waals surface area contributed by atoms with Gasteiger partial charge in [-0.3, -0.25) is 9.59 Å². The van der Waals surface area contributed by atoms with Gasteiger partial charge in [0.2, 0.25) is 5.91 Å². The van der Waals surface area contributed by atoms with Crippen LogP contribution < -0.4 is 0 Å². The van der Waals surface area contributed by atoms with Crippen LogP contribution in [0.5, 0.6) is 0 Å². The average Bonchev–Trinajstić information content (AvgIpc) is 2.65. The van der Waals surface area contributed by atoms with Crippen molar-refractivity contribution >= 4 is 11.9 Å². The first-order valence-corrected chi connectivity index (χ1v) is 6.14. The van der Waals surface area contributed by atoms with Gasteiger partial charge in [-0.05, 0) is 19.8 Å². The molecule has 0 radical (unpaired) electrons. The van der Waals surface area contributed by atoms with E-state index in [-0.39, 0.29) is 11.9 Å². The third-order valence-corrected chi connectivity index (χ3v) is 2.84. The SMILES string of the molecule is CCCCCC(=O)OC(C)N1CCCC1=O. The summed E-state index contributed by atoms with van der Waals surface area (Å²) in [5.74, 6) is -0.102. The predicted molar refractivity (Wildman–Crippen MR) is 60.6 cm³/mol. The number of nitrogens with zero attached hydrogens (tertiary/aromatic N) is 1. The van der Waals surface area contributed by atoms with E-state index in [1.54, 1.807) is 11.8 Å². The number of amides is 1. The van der Waals surface area contributed by atoms with Gasteiger partial charge in [0.25, 0.3) is 0 Å². The van der Waals surface area contributed by atoms with Crippen LogP contribution in [0.4, 0.5) is 0 Å². The maximum atomic E-state index is 11.4. The van der Waals surface area contributed by atoms with Gasteiger partial charge in [0, 0.05) is 19.4 Å². The molecule has 0 spiro atoms. The van der Waals surface area contributed by atoms with E-state index >= 15 is 0 Å². The number of esters is 1. The molecule has 1 aliphatic heterocycles. The zero-order valence-electron chi connectivity index (χ0n) is 10.2. The van der Waals surface area contributed by atoms with Crippen LogP contribution in [0.1, 0.15) is 52.4 Å². The molecule has 0 N–H and O–H groups in total. The Balaban J connectivity index is 2.24. The van der Waals surface area contributed by atoms with Crippen molar-refractivity contribution < 1.29 is 14.3 Å². The minimum Gasteiger partial charge on any atom is -0.442 e. The highest BCUT2D eigenvalue weighted by Crippen LogP contribution is 2.15.